The van der Waals surface area contributed by atoms with Crippen molar-refractivity contribution in [2.24, 2.45) is 0 Å². The van der Waals surface area contributed by atoms with Gasteiger partial charge in [0.05, 0.1) is 0 Å². The van der Waals surface area contributed by atoms with E-state index in [-0.39, 0.29) is 0 Å². The highest BCUT2D eigenvalue weighted by molar-refractivity contribution is 9.42. The van der Waals surface area contributed by atoms with Crippen LogP contribution in [0.1, 0.15) is 152 Å². The number of hydrogen-bond acceptors (Lipinski definition) is 1. The normalized spacial score (nSPS) is 12.9. The lowest BCUT2D eigenvalue weighted by molar-refractivity contribution is 0.594. The molecule has 3 heteroatoms. The van der Waals surface area contributed by atoms with E-state index in [2.05, 4.69) is 123 Å². The predicted molar refractivity (Wildman–Crippen MR) is 153 cm³/mol. The van der Waals surface area contributed by atoms with Crippen LogP contribution in [0.5, 0.6) is 0 Å². The highest BCUT2D eigenvalue weighted by Crippen LogP contribution is 2.57. The van der Waals surface area contributed by atoms with Gasteiger partial charge in [-0.2, -0.15) is 0 Å². The van der Waals surface area contributed by atoms with E-state index < -0.39 is 5.84 Å². The first-order valence-corrected chi connectivity index (χ1v) is 16.5. The van der Waals surface area contributed by atoms with Gasteiger partial charge >= 0.3 is 0 Å². The molecule has 0 aliphatic rings. The minimum Gasteiger partial charge on any atom is -0.301 e. The van der Waals surface area contributed by atoms with Crippen molar-refractivity contribution in [3.05, 3.63) is 57.6 Å². The lowest BCUT2D eigenvalue weighted by atomic mass is 9.89. The molecule has 0 aliphatic heterocycles. The Morgan fingerprint density at radius 1 is 0.485 bits per heavy atom. The van der Waals surface area contributed by atoms with Crippen molar-refractivity contribution in [1.29, 1.82) is 0 Å². The molecule has 0 amide bonds. The summed E-state index contributed by atoms with van der Waals surface area (Å²) in [5.74, 6) is -1.00. The maximum absolute atomic E-state index is 15.2. The molecule has 1 nitrogen and oxygen atoms in total. The lowest BCUT2D eigenvalue weighted by Gasteiger charge is -2.30. The van der Waals surface area contributed by atoms with Crippen molar-refractivity contribution < 1.29 is 4.57 Å². The average Bonchev–Trinajstić information content (AvgIpc) is 2.71. The van der Waals surface area contributed by atoms with Crippen molar-refractivity contribution in [3.8, 4) is 0 Å². The molecule has 0 spiro atoms. The van der Waals surface area contributed by atoms with E-state index in [1.807, 2.05) is 0 Å². The topological polar surface area (TPSA) is 17.1 Å². The number of rotatable bonds is 8. The van der Waals surface area contributed by atoms with Crippen molar-refractivity contribution in [1.82, 2.24) is 0 Å². The van der Waals surface area contributed by atoms with Crippen LogP contribution in [0.3, 0.4) is 0 Å². The molecule has 184 valence electrons. The largest absolute Gasteiger partial charge is 0.301 e. The van der Waals surface area contributed by atoms with Crippen molar-refractivity contribution in [2.75, 3.05) is 0 Å². The number of hydrogen-bond donors (Lipinski definition) is 0. The molecule has 0 unspecified atom stereocenters. The summed E-state index contributed by atoms with van der Waals surface area (Å²) in [6.45, 7) is 26.8. The van der Waals surface area contributed by atoms with Crippen LogP contribution in [0.25, 0.3) is 0 Å². The highest BCUT2D eigenvalue weighted by atomic mass is 79.9. The summed E-state index contributed by atoms with van der Waals surface area (Å²) in [7, 11) is 0. The summed E-state index contributed by atoms with van der Waals surface area (Å²) in [4.78, 5) is 0. The van der Waals surface area contributed by atoms with E-state index in [1.54, 1.807) is 0 Å². The highest BCUT2D eigenvalue weighted by Gasteiger charge is 2.36. The van der Waals surface area contributed by atoms with Crippen LogP contribution >= 0.6 is 21.3 Å². The Morgan fingerprint density at radius 2 is 0.697 bits per heavy atom. The first kappa shape index (κ1) is 28.4. The molecule has 0 atom stereocenters. The SMILES string of the molecule is CC(C)c1cc(C(C)C)c(P(=O)(Br)c2c(C(C)C)cc(C(C)C)cc2C(C)C)c(C(C)C)c1. The molecule has 0 fully saturated rings. The molecule has 0 heterocycles. The van der Waals surface area contributed by atoms with Crippen LogP contribution in [0.4, 0.5) is 0 Å². The standard InChI is InChI=1S/C30H46BrOP/c1-17(2)23-13-25(19(5)6)29(26(14-23)20(7)8)33(31,32)30-27(21(9)10)15-24(18(3)4)16-28(30)22(11)12/h13-22H,1-12H3. The Labute approximate surface area is 212 Å². The van der Waals surface area contributed by atoms with Crippen LogP contribution < -0.4 is 10.6 Å². The van der Waals surface area contributed by atoms with Gasteiger partial charge in [-0.3, -0.25) is 0 Å². The lowest BCUT2D eigenvalue weighted by Crippen LogP contribution is -2.28. The molecule has 33 heavy (non-hydrogen) atoms. The summed E-state index contributed by atoms with van der Waals surface area (Å²) in [5, 5.41) is 2.08. The van der Waals surface area contributed by atoms with E-state index >= 15 is 4.57 Å². The van der Waals surface area contributed by atoms with Gasteiger partial charge in [0.15, 0.2) is 0 Å². The van der Waals surface area contributed by atoms with Gasteiger partial charge in [0.1, 0.15) is 0 Å². The second-order valence-electron chi connectivity index (χ2n) is 11.6. The smallest absolute Gasteiger partial charge is 0.204 e. The minimum atomic E-state index is -3.05. The van der Waals surface area contributed by atoms with E-state index in [0.29, 0.717) is 35.5 Å². The van der Waals surface area contributed by atoms with Crippen molar-refractivity contribution >= 4 is 31.9 Å². The van der Waals surface area contributed by atoms with E-state index in [9.17, 15) is 0 Å². The fraction of sp³-hybridized carbons (Fsp3) is 0.600. The molecular weight excluding hydrogens is 487 g/mol. The Kier molecular flexibility index (Phi) is 9.31. The summed E-state index contributed by atoms with van der Waals surface area (Å²) >= 11 is 3.95. The van der Waals surface area contributed by atoms with Crippen LogP contribution in [-0.4, -0.2) is 0 Å². The summed E-state index contributed by atoms with van der Waals surface area (Å²) < 4.78 is 15.2. The third kappa shape index (κ3) is 5.87. The van der Waals surface area contributed by atoms with Gasteiger partial charge in [-0.25, -0.2) is 0 Å². The minimum absolute atomic E-state index is 0.294. The summed E-state index contributed by atoms with van der Waals surface area (Å²) in [6.07, 6.45) is 0. The maximum Gasteiger partial charge on any atom is 0.204 e. The molecule has 0 N–H and O–H groups in total. The predicted octanol–water partition coefficient (Wildman–Crippen LogP) is 10.1. The molecule has 0 aliphatic carbocycles. The zero-order valence-corrected chi connectivity index (χ0v) is 25.5. The second kappa shape index (κ2) is 10.8. The number of halogens is 1. The van der Waals surface area contributed by atoms with Crippen LogP contribution in [-0.2, 0) is 4.57 Å². The summed E-state index contributed by atoms with van der Waals surface area (Å²) in [6, 6.07) is 9.27. The Hall–Kier alpha value is -0.850. The molecule has 0 saturated carbocycles. The quantitative estimate of drug-likeness (QED) is 0.309. The van der Waals surface area contributed by atoms with Gasteiger partial charge in [-0.05, 0) is 84.4 Å². The molecular formula is C30H46BrOP. The average molecular weight is 534 g/mol. The second-order valence-corrected chi connectivity index (χ2v) is 16.5. The fourth-order valence-electron chi connectivity index (χ4n) is 4.61. The van der Waals surface area contributed by atoms with Crippen LogP contribution in [0.15, 0.2) is 24.3 Å². The monoisotopic (exact) mass is 532 g/mol. The first-order valence-electron chi connectivity index (χ1n) is 12.8. The molecule has 2 rings (SSSR count). The van der Waals surface area contributed by atoms with E-state index in [4.69, 9.17) is 0 Å². The molecule has 0 radical (unpaired) electrons. The molecule has 0 bridgehead atoms. The van der Waals surface area contributed by atoms with Crippen molar-refractivity contribution in [3.63, 3.8) is 0 Å². The fourth-order valence-corrected chi connectivity index (χ4v) is 9.91. The van der Waals surface area contributed by atoms with Crippen molar-refractivity contribution in [2.45, 2.75) is 119 Å². The molecule has 2 aromatic carbocycles. The van der Waals surface area contributed by atoms with Gasteiger partial charge in [0, 0.05) is 10.6 Å². The number of benzene rings is 2. The zero-order valence-electron chi connectivity index (χ0n) is 23.0. The third-order valence-corrected chi connectivity index (χ3v) is 11.1. The van der Waals surface area contributed by atoms with E-state index in [0.717, 1.165) is 10.6 Å². The van der Waals surface area contributed by atoms with E-state index in [1.165, 1.54) is 33.4 Å². The first-order chi connectivity index (χ1) is 15.1. The van der Waals surface area contributed by atoms with Gasteiger partial charge in [-0.1, -0.05) is 107 Å². The van der Waals surface area contributed by atoms with Crippen LogP contribution in [0.2, 0.25) is 0 Å². The van der Waals surface area contributed by atoms with Gasteiger partial charge in [-0.15, -0.1) is 0 Å². The maximum atomic E-state index is 15.2. The Morgan fingerprint density at radius 3 is 0.848 bits per heavy atom. The zero-order chi connectivity index (χ0) is 25.4. The molecule has 2 aromatic rings. The van der Waals surface area contributed by atoms with Gasteiger partial charge in [0.25, 0.3) is 0 Å². The molecule has 0 aromatic heterocycles. The molecule has 0 saturated heterocycles. The summed E-state index contributed by atoms with van der Waals surface area (Å²) in [5.41, 5.74) is 7.57. The van der Waals surface area contributed by atoms with Gasteiger partial charge in [0.2, 0.25) is 5.84 Å². The Bertz CT molecular complexity index is 890. The Balaban J connectivity index is 3.08. The van der Waals surface area contributed by atoms with Gasteiger partial charge < -0.3 is 4.57 Å². The van der Waals surface area contributed by atoms with Crippen LogP contribution in [0, 0.1) is 0 Å². The third-order valence-electron chi connectivity index (χ3n) is 6.78.